The van der Waals surface area contributed by atoms with Crippen molar-refractivity contribution in [2.24, 2.45) is 0 Å². The summed E-state index contributed by atoms with van der Waals surface area (Å²) >= 11 is 0. The molecule has 0 spiro atoms. The summed E-state index contributed by atoms with van der Waals surface area (Å²) in [5.41, 5.74) is 0.350. The Kier molecular flexibility index (Phi) is 4.29. The van der Waals surface area contributed by atoms with Crippen molar-refractivity contribution in [3.63, 3.8) is 0 Å². The molecule has 25 heavy (non-hydrogen) atoms. The summed E-state index contributed by atoms with van der Waals surface area (Å²) in [5, 5.41) is 4.58. The molecule has 0 atom stereocenters. The number of rotatable bonds is 4. The van der Waals surface area contributed by atoms with E-state index in [9.17, 15) is 4.79 Å². The zero-order chi connectivity index (χ0) is 18.2. The van der Waals surface area contributed by atoms with E-state index in [0.29, 0.717) is 11.0 Å². The molecule has 3 aromatic carbocycles. The normalized spacial score (nSPS) is 12.5. The smallest absolute Gasteiger partial charge is 0.362 e. The van der Waals surface area contributed by atoms with E-state index in [2.05, 4.69) is 30.3 Å². The highest BCUT2D eigenvalue weighted by molar-refractivity contribution is 6.03. The van der Waals surface area contributed by atoms with Gasteiger partial charge in [-0.3, -0.25) is 0 Å². The van der Waals surface area contributed by atoms with Gasteiger partial charge < -0.3 is 9.22 Å². The fourth-order valence-corrected chi connectivity index (χ4v) is 3.42. The highest BCUT2D eigenvalue weighted by Crippen LogP contribution is 2.37. The van der Waals surface area contributed by atoms with Crippen LogP contribution in [-0.4, -0.2) is 38.1 Å². The second kappa shape index (κ2) is 6.16. The number of carbonyl (C=O) groups excluding carboxylic acids is 1. The molecule has 130 valence electrons. The van der Waals surface area contributed by atoms with Crippen LogP contribution in [-0.2, 0) is 15.1 Å². The van der Waals surface area contributed by atoms with Crippen LogP contribution in [0.1, 0.15) is 19.4 Å². The van der Waals surface area contributed by atoms with Gasteiger partial charge in [-0.1, -0.05) is 48.5 Å². The van der Waals surface area contributed by atoms with Crippen LogP contribution in [0.25, 0.3) is 21.5 Å². The number of fused-ring (bicyclic) bond motifs is 2. The minimum atomic E-state index is -0.716. The lowest BCUT2D eigenvalue weighted by Gasteiger charge is -2.30. The van der Waals surface area contributed by atoms with Gasteiger partial charge in [-0.05, 0) is 41.5 Å². The van der Waals surface area contributed by atoms with Crippen molar-refractivity contribution in [2.75, 3.05) is 27.7 Å². The number of hydrogen-bond acceptors (Lipinski definition) is 2. The van der Waals surface area contributed by atoms with Crippen molar-refractivity contribution >= 4 is 27.5 Å². The first kappa shape index (κ1) is 17.4. The Morgan fingerprint density at radius 1 is 0.920 bits per heavy atom. The summed E-state index contributed by atoms with van der Waals surface area (Å²) in [5.74, 6) is -0.186. The van der Waals surface area contributed by atoms with Crippen molar-refractivity contribution in [1.29, 1.82) is 0 Å². The van der Waals surface area contributed by atoms with E-state index >= 15 is 0 Å². The molecular formula is C22H26NO2+. The molecule has 0 unspecified atom stereocenters. The zero-order valence-electron chi connectivity index (χ0n) is 15.7. The molecule has 0 aliphatic heterocycles. The number of esters is 1. The average Bonchev–Trinajstić information content (AvgIpc) is 2.49. The largest absolute Gasteiger partial charge is 0.451 e. The third-order valence-corrected chi connectivity index (χ3v) is 4.35. The van der Waals surface area contributed by atoms with Gasteiger partial charge in [0.15, 0.2) is 6.54 Å². The molecular weight excluding hydrogens is 310 g/mol. The fraction of sp³-hybridized carbons (Fsp3) is 0.318. The molecule has 0 aliphatic carbocycles. The number of hydrogen-bond donors (Lipinski definition) is 0. The third-order valence-electron chi connectivity index (χ3n) is 4.35. The molecule has 3 rings (SSSR count). The Hall–Kier alpha value is -2.39. The van der Waals surface area contributed by atoms with E-state index < -0.39 is 5.60 Å². The average molecular weight is 336 g/mol. The van der Waals surface area contributed by atoms with E-state index in [1.807, 2.05) is 59.3 Å². The monoisotopic (exact) mass is 336 g/mol. The van der Waals surface area contributed by atoms with Gasteiger partial charge in [0.2, 0.25) is 0 Å². The van der Waals surface area contributed by atoms with E-state index in [0.717, 1.165) is 27.1 Å². The highest BCUT2D eigenvalue weighted by Gasteiger charge is 2.31. The van der Waals surface area contributed by atoms with Crippen LogP contribution in [0, 0.1) is 0 Å². The molecule has 0 N–H and O–H groups in total. The van der Waals surface area contributed by atoms with Crippen LogP contribution < -0.4 is 0 Å². The summed E-state index contributed by atoms with van der Waals surface area (Å²) < 4.78 is 6.51. The van der Waals surface area contributed by atoms with Gasteiger partial charge in [-0.25, -0.2) is 4.79 Å². The molecule has 0 bridgehead atoms. The molecule has 0 radical (unpaired) electrons. The van der Waals surface area contributed by atoms with Gasteiger partial charge in [0.1, 0.15) is 5.60 Å². The maximum atomic E-state index is 12.5. The number of quaternary nitrogens is 1. The van der Waals surface area contributed by atoms with Crippen molar-refractivity contribution in [1.82, 2.24) is 0 Å². The van der Waals surface area contributed by atoms with Crippen LogP contribution in [0.15, 0.2) is 54.6 Å². The minimum absolute atomic E-state index is 0.186. The van der Waals surface area contributed by atoms with Crippen molar-refractivity contribution in [3.8, 4) is 0 Å². The van der Waals surface area contributed by atoms with Crippen LogP contribution in [0.2, 0.25) is 0 Å². The SMILES string of the molecule is CC(C)(OC(=O)C[N+](C)(C)C)c1c2ccccc2cc2ccccc12. The second-order valence-corrected chi connectivity index (χ2v) is 8.13. The Morgan fingerprint density at radius 3 is 1.88 bits per heavy atom. The molecule has 0 aliphatic rings. The van der Waals surface area contributed by atoms with Gasteiger partial charge in [0.25, 0.3) is 0 Å². The minimum Gasteiger partial charge on any atom is -0.451 e. The molecule has 3 heteroatoms. The fourth-order valence-electron chi connectivity index (χ4n) is 3.42. The summed E-state index contributed by atoms with van der Waals surface area (Å²) in [7, 11) is 5.96. The molecule has 0 fully saturated rings. The van der Waals surface area contributed by atoms with Crippen LogP contribution in [0.4, 0.5) is 0 Å². The Balaban J connectivity index is 2.16. The van der Waals surface area contributed by atoms with E-state index in [1.54, 1.807) is 0 Å². The van der Waals surface area contributed by atoms with Gasteiger partial charge in [-0.15, -0.1) is 0 Å². The van der Waals surface area contributed by atoms with E-state index in [1.165, 1.54) is 0 Å². The van der Waals surface area contributed by atoms with Crippen LogP contribution in [0.3, 0.4) is 0 Å². The predicted molar refractivity (Wildman–Crippen MR) is 103 cm³/mol. The zero-order valence-corrected chi connectivity index (χ0v) is 15.7. The summed E-state index contributed by atoms with van der Waals surface area (Å²) in [6, 6.07) is 18.8. The van der Waals surface area contributed by atoms with Gasteiger partial charge >= 0.3 is 5.97 Å². The topological polar surface area (TPSA) is 26.3 Å². The van der Waals surface area contributed by atoms with E-state index in [-0.39, 0.29) is 5.97 Å². The molecule has 0 amide bonds. The van der Waals surface area contributed by atoms with Gasteiger partial charge in [-0.2, -0.15) is 0 Å². The number of benzene rings is 3. The summed E-state index contributed by atoms with van der Waals surface area (Å²) in [4.78, 5) is 12.5. The van der Waals surface area contributed by atoms with Crippen LogP contribution in [0.5, 0.6) is 0 Å². The van der Waals surface area contributed by atoms with Crippen molar-refractivity contribution < 1.29 is 14.0 Å². The molecule has 0 saturated carbocycles. The number of carbonyl (C=O) groups is 1. The lowest BCUT2D eigenvalue weighted by molar-refractivity contribution is -0.862. The van der Waals surface area contributed by atoms with Crippen molar-refractivity contribution in [2.45, 2.75) is 19.4 Å². The Labute approximate surface area is 149 Å². The standard InChI is InChI=1S/C22H26NO2/c1-22(2,25-20(24)15-23(3,4)5)21-18-12-8-6-10-16(18)14-17-11-7-9-13-19(17)21/h6-14H,15H2,1-5H3/q+1. The number of ether oxygens (including phenoxy) is 1. The van der Waals surface area contributed by atoms with E-state index in [4.69, 9.17) is 4.74 Å². The maximum absolute atomic E-state index is 12.5. The van der Waals surface area contributed by atoms with Crippen LogP contribution >= 0.6 is 0 Å². The highest BCUT2D eigenvalue weighted by atomic mass is 16.6. The Morgan fingerprint density at radius 2 is 1.40 bits per heavy atom. The first-order chi connectivity index (χ1) is 11.7. The van der Waals surface area contributed by atoms with Crippen molar-refractivity contribution in [3.05, 3.63) is 60.2 Å². The summed E-state index contributed by atoms with van der Waals surface area (Å²) in [6.07, 6.45) is 0. The first-order valence-electron chi connectivity index (χ1n) is 8.61. The first-order valence-corrected chi connectivity index (χ1v) is 8.61. The molecule has 0 heterocycles. The molecule has 0 aromatic heterocycles. The predicted octanol–water partition coefficient (Wildman–Crippen LogP) is 4.48. The Bertz CT molecular complexity index is 882. The number of likely N-dealkylation sites (N-methyl/N-ethyl adjacent to an activating group) is 1. The molecule has 0 saturated heterocycles. The second-order valence-electron chi connectivity index (χ2n) is 8.13. The molecule has 3 nitrogen and oxygen atoms in total. The lowest BCUT2D eigenvalue weighted by atomic mass is 9.87. The summed E-state index contributed by atoms with van der Waals surface area (Å²) in [6.45, 7) is 4.30. The maximum Gasteiger partial charge on any atom is 0.362 e. The number of nitrogens with zero attached hydrogens (tertiary/aromatic N) is 1. The quantitative estimate of drug-likeness (QED) is 0.399. The molecule has 3 aromatic rings. The van der Waals surface area contributed by atoms with Gasteiger partial charge in [0, 0.05) is 5.56 Å². The van der Waals surface area contributed by atoms with Gasteiger partial charge in [0.05, 0.1) is 21.1 Å². The lowest BCUT2D eigenvalue weighted by Crippen LogP contribution is -2.42. The third kappa shape index (κ3) is 3.67.